The fourth-order valence-corrected chi connectivity index (χ4v) is 4.83. The molecule has 5 heterocycles. The molecule has 1 atom stereocenters. The first-order chi connectivity index (χ1) is 15.5. The monoisotopic (exact) mass is 425 g/mol. The molecule has 32 heavy (non-hydrogen) atoms. The molecule has 3 aliphatic heterocycles. The van der Waals surface area contributed by atoms with Crippen molar-refractivity contribution < 1.29 is 5.11 Å². The molecule has 3 saturated heterocycles. The highest BCUT2D eigenvalue weighted by atomic mass is 16.3. The zero-order chi connectivity index (χ0) is 22.1. The van der Waals surface area contributed by atoms with Crippen molar-refractivity contribution in [3.63, 3.8) is 0 Å². The number of fused-ring (bicyclic) bond motifs is 3. The normalized spacial score (nSPS) is 24.1. The predicted octanol–water partition coefficient (Wildman–Crippen LogP) is 2.85. The lowest BCUT2D eigenvalue weighted by Crippen LogP contribution is -2.58. The van der Waals surface area contributed by atoms with E-state index in [1.165, 1.54) is 5.56 Å². The van der Waals surface area contributed by atoms with Gasteiger partial charge in [0.2, 0.25) is 5.56 Å². The van der Waals surface area contributed by atoms with Crippen LogP contribution < -0.4 is 5.56 Å². The summed E-state index contributed by atoms with van der Waals surface area (Å²) >= 11 is 0. The molecule has 0 spiro atoms. The number of aromatic nitrogens is 2. The van der Waals surface area contributed by atoms with Gasteiger partial charge in [-0.25, -0.2) is 0 Å². The summed E-state index contributed by atoms with van der Waals surface area (Å²) in [4.78, 5) is 18.7. The van der Waals surface area contributed by atoms with Gasteiger partial charge >= 0.3 is 0 Å². The van der Waals surface area contributed by atoms with E-state index in [0.717, 1.165) is 54.7 Å². The predicted molar refractivity (Wildman–Crippen MR) is 125 cm³/mol. The van der Waals surface area contributed by atoms with Gasteiger partial charge in [0.25, 0.3) is 0 Å². The Balaban J connectivity index is 1.53. The van der Waals surface area contributed by atoms with Crippen molar-refractivity contribution >= 4 is 0 Å². The molecule has 0 saturated carbocycles. The summed E-state index contributed by atoms with van der Waals surface area (Å²) in [6.45, 7) is 2.75. The van der Waals surface area contributed by atoms with E-state index in [0.29, 0.717) is 6.54 Å². The minimum Gasteiger partial charge on any atom is -0.376 e. The molecule has 2 aromatic heterocycles. The SMILES string of the molecule is Cn1cc(-c2cc(Cc3ccccc3)c(C#CC3(O)CN4CCC3CC4)cn2)ccc1=O. The summed E-state index contributed by atoms with van der Waals surface area (Å²) < 4.78 is 1.56. The van der Waals surface area contributed by atoms with Crippen molar-refractivity contribution in [2.75, 3.05) is 19.6 Å². The third-order valence-corrected chi connectivity index (χ3v) is 6.75. The largest absolute Gasteiger partial charge is 0.376 e. The maximum atomic E-state index is 11.8. The molecule has 3 aromatic rings. The average molecular weight is 426 g/mol. The quantitative estimate of drug-likeness (QED) is 0.656. The maximum absolute atomic E-state index is 11.8. The molecule has 1 aromatic carbocycles. The number of nitrogens with zero attached hydrogens (tertiary/aromatic N) is 3. The molecule has 0 amide bonds. The van der Waals surface area contributed by atoms with E-state index >= 15 is 0 Å². The highest BCUT2D eigenvalue weighted by molar-refractivity contribution is 5.61. The van der Waals surface area contributed by atoms with Crippen molar-refractivity contribution in [2.24, 2.45) is 13.0 Å². The fraction of sp³-hybridized carbons (Fsp3) is 0.333. The van der Waals surface area contributed by atoms with Crippen molar-refractivity contribution in [1.82, 2.24) is 14.5 Å². The van der Waals surface area contributed by atoms with Gasteiger partial charge in [0, 0.05) is 49.1 Å². The van der Waals surface area contributed by atoms with Crippen LogP contribution in [0, 0.1) is 17.8 Å². The Kier molecular flexibility index (Phi) is 5.42. The first-order valence-corrected chi connectivity index (χ1v) is 11.2. The van der Waals surface area contributed by atoms with Crippen LogP contribution in [-0.4, -0.2) is 44.8 Å². The zero-order valence-electron chi connectivity index (χ0n) is 18.3. The van der Waals surface area contributed by atoms with Crippen molar-refractivity contribution in [3.8, 4) is 23.1 Å². The Morgan fingerprint density at radius 1 is 1.16 bits per heavy atom. The van der Waals surface area contributed by atoms with Crippen LogP contribution in [0.5, 0.6) is 0 Å². The van der Waals surface area contributed by atoms with E-state index in [9.17, 15) is 9.90 Å². The first-order valence-electron chi connectivity index (χ1n) is 11.2. The number of hydrogen-bond donors (Lipinski definition) is 1. The summed E-state index contributed by atoms with van der Waals surface area (Å²) in [6.07, 6.45) is 6.34. The number of aliphatic hydroxyl groups is 1. The van der Waals surface area contributed by atoms with Crippen LogP contribution in [0.25, 0.3) is 11.3 Å². The highest BCUT2D eigenvalue weighted by Crippen LogP contribution is 2.35. The Hall–Kier alpha value is -3.20. The van der Waals surface area contributed by atoms with Gasteiger partial charge in [0.1, 0.15) is 5.60 Å². The Morgan fingerprint density at radius 2 is 1.94 bits per heavy atom. The summed E-state index contributed by atoms with van der Waals surface area (Å²) in [6, 6.07) is 15.7. The van der Waals surface area contributed by atoms with Crippen LogP contribution >= 0.6 is 0 Å². The van der Waals surface area contributed by atoms with E-state index in [2.05, 4.69) is 39.9 Å². The van der Waals surface area contributed by atoms with E-state index in [4.69, 9.17) is 0 Å². The minimum absolute atomic E-state index is 0.0495. The van der Waals surface area contributed by atoms with E-state index < -0.39 is 5.60 Å². The van der Waals surface area contributed by atoms with Gasteiger partial charge < -0.3 is 9.67 Å². The molecule has 162 valence electrons. The van der Waals surface area contributed by atoms with Crippen molar-refractivity contribution in [3.05, 3.63) is 88.0 Å². The number of pyridine rings is 2. The summed E-state index contributed by atoms with van der Waals surface area (Å²) in [5, 5.41) is 11.2. The van der Waals surface area contributed by atoms with Gasteiger partial charge in [0.05, 0.1) is 5.69 Å². The molecule has 5 heteroatoms. The van der Waals surface area contributed by atoms with Crippen LogP contribution in [0.1, 0.15) is 29.5 Å². The van der Waals surface area contributed by atoms with Gasteiger partial charge in [-0.2, -0.15) is 0 Å². The smallest absolute Gasteiger partial charge is 0.250 e. The van der Waals surface area contributed by atoms with Crippen LogP contribution in [0.2, 0.25) is 0 Å². The average Bonchev–Trinajstić information content (AvgIpc) is 2.81. The summed E-state index contributed by atoms with van der Waals surface area (Å²) in [7, 11) is 1.74. The molecular weight excluding hydrogens is 398 g/mol. The first kappa shape index (κ1) is 20.7. The second-order valence-electron chi connectivity index (χ2n) is 8.98. The van der Waals surface area contributed by atoms with Crippen LogP contribution in [0.4, 0.5) is 0 Å². The zero-order valence-corrected chi connectivity index (χ0v) is 18.3. The third kappa shape index (κ3) is 4.12. The molecule has 2 bridgehead atoms. The van der Waals surface area contributed by atoms with Gasteiger partial charge in [0.15, 0.2) is 0 Å². The Bertz CT molecular complexity index is 1250. The lowest BCUT2D eigenvalue weighted by Gasteiger charge is -2.47. The number of piperidine rings is 3. The van der Waals surface area contributed by atoms with E-state index in [-0.39, 0.29) is 11.5 Å². The van der Waals surface area contributed by atoms with Gasteiger partial charge in [-0.3, -0.25) is 14.7 Å². The van der Waals surface area contributed by atoms with Gasteiger partial charge in [-0.15, -0.1) is 0 Å². The molecule has 3 fully saturated rings. The molecular formula is C27H27N3O2. The standard InChI is InChI=1S/C27H27N3O2/c1-29-18-22(7-8-26(29)31)25-16-23(15-20-5-3-2-4-6-20)21(17-28-25)9-12-27(32)19-30-13-10-24(27)11-14-30/h2-8,16-18,24,32H,10-11,13-15,19H2,1H3. The molecule has 1 unspecified atom stereocenters. The Morgan fingerprint density at radius 3 is 2.62 bits per heavy atom. The van der Waals surface area contributed by atoms with Crippen molar-refractivity contribution in [1.29, 1.82) is 0 Å². The second kappa shape index (κ2) is 8.38. The molecule has 0 radical (unpaired) electrons. The van der Waals surface area contributed by atoms with Crippen molar-refractivity contribution in [2.45, 2.75) is 24.9 Å². The van der Waals surface area contributed by atoms with E-state index in [1.54, 1.807) is 36.1 Å². The van der Waals surface area contributed by atoms with Gasteiger partial charge in [-0.05, 0) is 55.6 Å². The van der Waals surface area contributed by atoms with Crippen LogP contribution in [0.3, 0.4) is 0 Å². The summed E-state index contributed by atoms with van der Waals surface area (Å²) in [5.74, 6) is 6.76. The molecule has 5 nitrogen and oxygen atoms in total. The maximum Gasteiger partial charge on any atom is 0.250 e. The van der Waals surface area contributed by atoms with E-state index in [1.807, 2.05) is 18.2 Å². The second-order valence-corrected chi connectivity index (χ2v) is 8.98. The fourth-order valence-electron chi connectivity index (χ4n) is 4.83. The topological polar surface area (TPSA) is 58.4 Å². The number of aryl methyl sites for hydroxylation is 1. The third-order valence-electron chi connectivity index (χ3n) is 6.75. The number of rotatable bonds is 3. The lowest BCUT2D eigenvalue weighted by atomic mass is 9.75. The molecule has 1 N–H and O–H groups in total. The molecule has 0 aliphatic carbocycles. The van der Waals surface area contributed by atoms with Gasteiger partial charge in [-0.1, -0.05) is 42.2 Å². The Labute approximate surface area is 188 Å². The number of benzene rings is 1. The van der Waals surface area contributed by atoms with Crippen LogP contribution in [0.15, 0.2) is 65.7 Å². The highest BCUT2D eigenvalue weighted by Gasteiger charge is 2.44. The molecule has 3 aliphatic rings. The number of hydrogen-bond acceptors (Lipinski definition) is 4. The lowest BCUT2D eigenvalue weighted by molar-refractivity contribution is -0.0713. The minimum atomic E-state index is -0.948. The van der Waals surface area contributed by atoms with Crippen LogP contribution in [-0.2, 0) is 13.5 Å². The molecule has 6 rings (SSSR count). The summed E-state index contributed by atoms with van der Waals surface area (Å²) in [5.41, 5.74) is 3.79.